The largest absolute Gasteiger partial charge is 0.428 e. The van der Waals surface area contributed by atoms with Crippen LogP contribution in [0.15, 0.2) is 48.5 Å². The van der Waals surface area contributed by atoms with Gasteiger partial charge in [0.05, 0.1) is 0 Å². The van der Waals surface area contributed by atoms with E-state index in [1.807, 2.05) is 61.6 Å². The van der Waals surface area contributed by atoms with Crippen LogP contribution < -0.4 is 10.9 Å². The van der Waals surface area contributed by atoms with Gasteiger partial charge in [0.25, 0.3) is 0 Å². The van der Waals surface area contributed by atoms with E-state index in [1.165, 1.54) is 0 Å². The lowest BCUT2D eigenvalue weighted by Crippen LogP contribution is -2.41. The van der Waals surface area contributed by atoms with E-state index in [9.17, 15) is 4.80 Å². The van der Waals surface area contributed by atoms with Gasteiger partial charge in [0.15, 0.2) is 0 Å². The van der Waals surface area contributed by atoms with Crippen LogP contribution in [0, 0.1) is 0 Å². The van der Waals surface area contributed by atoms with Gasteiger partial charge in [-0.2, -0.15) is 0 Å². The SMILES string of the molecule is C[Si](C)(O)c1ccc(-c2ccc(N)cc2)cc1. The van der Waals surface area contributed by atoms with Crippen LogP contribution in [-0.4, -0.2) is 13.1 Å². The number of hydrogen-bond acceptors (Lipinski definition) is 2. The van der Waals surface area contributed by atoms with Crippen LogP contribution in [-0.2, 0) is 0 Å². The van der Waals surface area contributed by atoms with Crippen molar-refractivity contribution in [3.8, 4) is 11.1 Å². The van der Waals surface area contributed by atoms with Crippen LogP contribution in [0.3, 0.4) is 0 Å². The molecule has 0 saturated heterocycles. The molecule has 0 unspecified atom stereocenters. The molecule has 0 atom stereocenters. The summed E-state index contributed by atoms with van der Waals surface area (Å²) >= 11 is 0. The normalized spacial score (nSPS) is 11.5. The summed E-state index contributed by atoms with van der Waals surface area (Å²) in [5, 5.41) is 1.05. The minimum absolute atomic E-state index is 0.772. The zero-order valence-electron chi connectivity index (χ0n) is 10.1. The summed E-state index contributed by atoms with van der Waals surface area (Å²) in [6.07, 6.45) is 0. The molecule has 2 rings (SSSR count). The first-order valence-electron chi connectivity index (χ1n) is 5.66. The van der Waals surface area contributed by atoms with E-state index in [0.717, 1.165) is 22.0 Å². The van der Waals surface area contributed by atoms with Gasteiger partial charge in [-0.15, -0.1) is 0 Å². The molecular weight excluding hydrogens is 226 g/mol. The minimum Gasteiger partial charge on any atom is -0.428 e. The predicted molar refractivity (Wildman–Crippen MR) is 75.6 cm³/mol. The molecule has 0 radical (unpaired) electrons. The molecule has 0 aliphatic heterocycles. The monoisotopic (exact) mass is 243 g/mol. The van der Waals surface area contributed by atoms with Gasteiger partial charge >= 0.3 is 0 Å². The van der Waals surface area contributed by atoms with E-state index in [2.05, 4.69) is 0 Å². The second kappa shape index (κ2) is 4.35. The van der Waals surface area contributed by atoms with Gasteiger partial charge in [-0.3, -0.25) is 0 Å². The Kier molecular flexibility index (Phi) is 3.04. The van der Waals surface area contributed by atoms with Crippen LogP contribution in [0.2, 0.25) is 13.1 Å². The number of anilines is 1. The van der Waals surface area contributed by atoms with E-state index in [-0.39, 0.29) is 0 Å². The van der Waals surface area contributed by atoms with E-state index >= 15 is 0 Å². The highest BCUT2D eigenvalue weighted by molar-refractivity contribution is 6.83. The third kappa shape index (κ3) is 2.75. The fraction of sp³-hybridized carbons (Fsp3) is 0.143. The topological polar surface area (TPSA) is 46.2 Å². The van der Waals surface area contributed by atoms with Crippen molar-refractivity contribution in [1.29, 1.82) is 0 Å². The second-order valence-electron chi connectivity index (χ2n) is 4.76. The average molecular weight is 243 g/mol. The Labute approximate surface area is 103 Å². The average Bonchev–Trinajstić information content (AvgIpc) is 2.29. The molecule has 0 heterocycles. The van der Waals surface area contributed by atoms with Crippen molar-refractivity contribution in [3.05, 3.63) is 48.5 Å². The molecule has 0 aromatic heterocycles. The fourth-order valence-corrected chi connectivity index (χ4v) is 2.73. The maximum atomic E-state index is 10.0. The minimum atomic E-state index is -2.19. The van der Waals surface area contributed by atoms with Crippen molar-refractivity contribution in [2.45, 2.75) is 13.1 Å². The van der Waals surface area contributed by atoms with Crippen molar-refractivity contribution < 1.29 is 4.80 Å². The lowest BCUT2D eigenvalue weighted by Gasteiger charge is -2.14. The molecule has 2 aromatic rings. The van der Waals surface area contributed by atoms with Gasteiger partial charge in [0.2, 0.25) is 8.32 Å². The van der Waals surface area contributed by atoms with E-state index < -0.39 is 8.32 Å². The summed E-state index contributed by atoms with van der Waals surface area (Å²) < 4.78 is 0. The lowest BCUT2D eigenvalue weighted by atomic mass is 10.1. The molecule has 3 heteroatoms. The molecule has 3 N–H and O–H groups in total. The van der Waals surface area contributed by atoms with Gasteiger partial charge in [-0.1, -0.05) is 36.4 Å². The third-order valence-electron chi connectivity index (χ3n) is 2.84. The maximum absolute atomic E-state index is 10.0. The smallest absolute Gasteiger partial charge is 0.213 e. The summed E-state index contributed by atoms with van der Waals surface area (Å²) in [4.78, 5) is 10.0. The Bertz CT molecular complexity index is 497. The van der Waals surface area contributed by atoms with Gasteiger partial charge in [0, 0.05) is 5.69 Å². The highest BCUT2D eigenvalue weighted by atomic mass is 28.4. The first kappa shape index (κ1) is 11.9. The molecule has 0 bridgehead atoms. The van der Waals surface area contributed by atoms with Crippen LogP contribution >= 0.6 is 0 Å². The van der Waals surface area contributed by atoms with Crippen LogP contribution in [0.25, 0.3) is 11.1 Å². The highest BCUT2D eigenvalue weighted by Gasteiger charge is 2.19. The van der Waals surface area contributed by atoms with E-state index in [1.54, 1.807) is 0 Å². The molecular formula is C14H17NOSi. The van der Waals surface area contributed by atoms with Crippen molar-refractivity contribution in [3.63, 3.8) is 0 Å². The number of hydrogen-bond donors (Lipinski definition) is 2. The standard InChI is InChI=1S/C14H17NOSi/c1-17(2,16)14-9-5-12(6-10-14)11-3-7-13(15)8-4-11/h3-10,16H,15H2,1-2H3. The molecule has 2 nitrogen and oxygen atoms in total. The van der Waals surface area contributed by atoms with Crippen molar-refractivity contribution in [2.24, 2.45) is 0 Å². The molecule has 0 aliphatic carbocycles. The van der Waals surface area contributed by atoms with Gasteiger partial charge in [-0.25, -0.2) is 0 Å². The second-order valence-corrected chi connectivity index (χ2v) is 8.45. The van der Waals surface area contributed by atoms with Crippen LogP contribution in [0.1, 0.15) is 0 Å². The number of nitrogen functional groups attached to an aromatic ring is 1. The van der Waals surface area contributed by atoms with E-state index in [4.69, 9.17) is 5.73 Å². The van der Waals surface area contributed by atoms with Crippen LogP contribution in [0.5, 0.6) is 0 Å². The maximum Gasteiger partial charge on any atom is 0.213 e. The Morgan fingerprint density at radius 1 is 0.824 bits per heavy atom. The molecule has 0 saturated carbocycles. The Morgan fingerprint density at radius 3 is 1.65 bits per heavy atom. The van der Waals surface area contributed by atoms with Gasteiger partial charge in [0.1, 0.15) is 0 Å². The summed E-state index contributed by atoms with van der Waals surface area (Å²) in [5.74, 6) is 0. The molecule has 0 aliphatic rings. The Hall–Kier alpha value is -1.58. The van der Waals surface area contributed by atoms with Gasteiger partial charge < -0.3 is 10.5 Å². The molecule has 17 heavy (non-hydrogen) atoms. The van der Waals surface area contributed by atoms with E-state index in [0.29, 0.717) is 0 Å². The molecule has 88 valence electrons. The highest BCUT2D eigenvalue weighted by Crippen LogP contribution is 2.19. The lowest BCUT2D eigenvalue weighted by molar-refractivity contribution is 0.568. The number of rotatable bonds is 2. The number of benzene rings is 2. The summed E-state index contributed by atoms with van der Waals surface area (Å²) in [6.45, 7) is 3.84. The number of nitrogens with two attached hydrogens (primary N) is 1. The van der Waals surface area contributed by atoms with Crippen molar-refractivity contribution in [2.75, 3.05) is 5.73 Å². The summed E-state index contributed by atoms with van der Waals surface area (Å²) in [5.41, 5.74) is 8.72. The molecule has 0 amide bonds. The zero-order chi connectivity index (χ0) is 12.5. The first-order valence-corrected chi connectivity index (χ1v) is 8.60. The first-order chi connectivity index (χ1) is 7.97. The van der Waals surface area contributed by atoms with Crippen molar-refractivity contribution in [1.82, 2.24) is 0 Å². The molecule has 0 spiro atoms. The predicted octanol–water partition coefficient (Wildman–Crippen LogP) is 2.34. The Morgan fingerprint density at radius 2 is 1.24 bits per heavy atom. The summed E-state index contributed by atoms with van der Waals surface area (Å²) in [6, 6.07) is 15.9. The molecule has 2 aromatic carbocycles. The van der Waals surface area contributed by atoms with Gasteiger partial charge in [-0.05, 0) is 41.5 Å². The molecule has 0 fully saturated rings. The quantitative estimate of drug-likeness (QED) is 0.628. The third-order valence-corrected chi connectivity index (χ3v) is 4.58. The summed E-state index contributed by atoms with van der Waals surface area (Å²) in [7, 11) is -2.19. The van der Waals surface area contributed by atoms with Crippen molar-refractivity contribution >= 4 is 19.2 Å². The Balaban J connectivity index is 2.33. The fourth-order valence-electron chi connectivity index (χ4n) is 1.75. The van der Waals surface area contributed by atoms with Crippen LogP contribution in [0.4, 0.5) is 5.69 Å². The zero-order valence-corrected chi connectivity index (χ0v) is 11.1.